The van der Waals surface area contributed by atoms with Gasteiger partial charge in [0.15, 0.2) is 0 Å². The van der Waals surface area contributed by atoms with Crippen LogP contribution in [0.4, 0.5) is 4.79 Å². The predicted molar refractivity (Wildman–Crippen MR) is 135 cm³/mol. The van der Waals surface area contributed by atoms with Crippen molar-refractivity contribution in [1.29, 1.82) is 0 Å². The van der Waals surface area contributed by atoms with Gasteiger partial charge in [0.25, 0.3) is 0 Å². The quantitative estimate of drug-likeness (QED) is 0.314. The minimum absolute atomic E-state index is 0.0222. The Morgan fingerprint density at radius 3 is 2.31 bits per heavy atom. The standard InChI is InChI=1S/C25H37N3O6S/c1-6-33-20(29)12-13-26-22(30)21(17-10-8-7-9-11-17)28(19-14-16(19)2)23(31)18(15-35)27-24(32)34-25(3,4)5/h7-11,16,18-19,21,35H,6,12-15H2,1-5H3,(H,26,30)(H,27,32). The number of alkyl carbamates (subject to hydrolysis) is 1. The van der Waals surface area contributed by atoms with Gasteiger partial charge < -0.3 is 25.0 Å². The SMILES string of the molecule is CCOC(=O)CCNC(=O)C(c1ccccc1)N(C(=O)C(CS)NC(=O)OC(C)(C)C)C1CC1C. The molecule has 3 amide bonds. The zero-order chi connectivity index (χ0) is 26.2. The van der Waals surface area contributed by atoms with E-state index < -0.39 is 41.6 Å². The van der Waals surface area contributed by atoms with Crippen LogP contribution in [0.1, 0.15) is 59.1 Å². The number of thiol groups is 1. The van der Waals surface area contributed by atoms with E-state index in [2.05, 4.69) is 23.3 Å². The molecular formula is C25H37N3O6S. The van der Waals surface area contributed by atoms with Crippen LogP contribution in [0.25, 0.3) is 0 Å². The van der Waals surface area contributed by atoms with E-state index in [-0.39, 0.29) is 37.3 Å². The third-order valence-electron chi connectivity index (χ3n) is 5.43. The smallest absolute Gasteiger partial charge is 0.408 e. The van der Waals surface area contributed by atoms with Gasteiger partial charge in [-0.2, -0.15) is 12.6 Å². The van der Waals surface area contributed by atoms with Crippen LogP contribution >= 0.6 is 12.6 Å². The molecule has 9 nitrogen and oxygen atoms in total. The Labute approximate surface area is 212 Å². The van der Waals surface area contributed by atoms with E-state index in [1.807, 2.05) is 13.0 Å². The molecule has 194 valence electrons. The predicted octanol–water partition coefficient (Wildman–Crippen LogP) is 2.86. The van der Waals surface area contributed by atoms with Gasteiger partial charge in [0.1, 0.15) is 17.7 Å². The Morgan fingerprint density at radius 2 is 1.80 bits per heavy atom. The van der Waals surface area contributed by atoms with Gasteiger partial charge in [0.05, 0.1) is 13.0 Å². The fourth-order valence-corrected chi connectivity index (χ4v) is 3.93. The second-order valence-electron chi connectivity index (χ2n) is 9.57. The molecule has 0 spiro atoms. The number of hydrogen-bond donors (Lipinski definition) is 3. The molecule has 2 rings (SSSR count). The molecule has 1 aromatic rings. The minimum atomic E-state index is -0.987. The lowest BCUT2D eigenvalue weighted by Crippen LogP contribution is -2.54. The average Bonchev–Trinajstić information content (AvgIpc) is 3.50. The highest BCUT2D eigenvalue weighted by atomic mass is 32.1. The molecule has 35 heavy (non-hydrogen) atoms. The molecule has 4 atom stereocenters. The van der Waals surface area contributed by atoms with Gasteiger partial charge in [-0.05, 0) is 45.6 Å². The van der Waals surface area contributed by atoms with Crippen LogP contribution in [-0.2, 0) is 23.9 Å². The van der Waals surface area contributed by atoms with E-state index in [4.69, 9.17) is 9.47 Å². The average molecular weight is 508 g/mol. The first-order valence-corrected chi connectivity index (χ1v) is 12.5. The third-order valence-corrected chi connectivity index (χ3v) is 5.79. The van der Waals surface area contributed by atoms with Crippen molar-refractivity contribution in [3.05, 3.63) is 35.9 Å². The first-order valence-electron chi connectivity index (χ1n) is 11.9. The second-order valence-corrected chi connectivity index (χ2v) is 9.93. The van der Waals surface area contributed by atoms with Crippen molar-refractivity contribution in [2.45, 2.75) is 71.2 Å². The summed E-state index contributed by atoms with van der Waals surface area (Å²) in [5.74, 6) is -1.02. The van der Waals surface area contributed by atoms with Crippen LogP contribution in [0, 0.1) is 5.92 Å². The molecule has 1 aliphatic rings. The second kappa shape index (κ2) is 12.8. The molecular weight excluding hydrogens is 470 g/mol. The largest absolute Gasteiger partial charge is 0.466 e. The first-order chi connectivity index (χ1) is 16.5. The monoisotopic (exact) mass is 507 g/mol. The Kier molecular flexibility index (Phi) is 10.4. The van der Waals surface area contributed by atoms with Crippen molar-refractivity contribution in [3.63, 3.8) is 0 Å². The molecule has 1 aliphatic carbocycles. The summed E-state index contributed by atoms with van der Waals surface area (Å²) in [5.41, 5.74) is -0.103. The summed E-state index contributed by atoms with van der Waals surface area (Å²) >= 11 is 4.28. The lowest BCUT2D eigenvalue weighted by molar-refractivity contribution is -0.144. The Bertz CT molecular complexity index is 889. The van der Waals surface area contributed by atoms with Crippen LogP contribution in [0.5, 0.6) is 0 Å². The van der Waals surface area contributed by atoms with E-state index in [0.29, 0.717) is 5.56 Å². The molecule has 0 saturated heterocycles. The van der Waals surface area contributed by atoms with Gasteiger partial charge >= 0.3 is 12.1 Å². The number of carbonyl (C=O) groups excluding carboxylic acids is 4. The summed E-state index contributed by atoms with van der Waals surface area (Å²) in [4.78, 5) is 52.8. The fourth-order valence-electron chi connectivity index (χ4n) is 3.68. The number of nitrogens with one attached hydrogen (secondary N) is 2. The highest BCUT2D eigenvalue weighted by Crippen LogP contribution is 2.40. The van der Waals surface area contributed by atoms with Crippen LogP contribution < -0.4 is 10.6 Å². The lowest BCUT2D eigenvalue weighted by atomic mass is 10.0. The van der Waals surface area contributed by atoms with E-state index in [0.717, 1.165) is 6.42 Å². The molecule has 4 unspecified atom stereocenters. The minimum Gasteiger partial charge on any atom is -0.466 e. The van der Waals surface area contributed by atoms with Gasteiger partial charge in [-0.15, -0.1) is 0 Å². The number of nitrogens with zero attached hydrogens (tertiary/aromatic N) is 1. The van der Waals surface area contributed by atoms with Gasteiger partial charge in [0.2, 0.25) is 11.8 Å². The number of rotatable bonds is 11. The van der Waals surface area contributed by atoms with Crippen molar-refractivity contribution >= 4 is 36.5 Å². The summed E-state index contributed by atoms with van der Waals surface area (Å²) in [5, 5.41) is 5.36. The molecule has 1 fully saturated rings. The molecule has 10 heteroatoms. The number of ether oxygens (including phenoxy) is 2. The van der Waals surface area contributed by atoms with Gasteiger partial charge in [-0.3, -0.25) is 14.4 Å². The zero-order valence-electron chi connectivity index (χ0n) is 21.1. The Hall–Kier alpha value is -2.75. The van der Waals surface area contributed by atoms with Crippen LogP contribution in [0.3, 0.4) is 0 Å². The molecule has 2 N–H and O–H groups in total. The fraction of sp³-hybridized carbons (Fsp3) is 0.600. The molecule has 1 aromatic carbocycles. The zero-order valence-corrected chi connectivity index (χ0v) is 22.0. The number of hydrogen-bond acceptors (Lipinski definition) is 7. The maximum Gasteiger partial charge on any atom is 0.408 e. The first kappa shape index (κ1) is 28.5. The molecule has 0 heterocycles. The van der Waals surface area contributed by atoms with Crippen molar-refractivity contribution in [3.8, 4) is 0 Å². The summed E-state index contributed by atoms with van der Waals surface area (Å²) in [6.07, 6.45) is 0.0226. The Balaban J connectivity index is 2.30. The van der Waals surface area contributed by atoms with Crippen LogP contribution in [-0.4, -0.2) is 65.4 Å². The van der Waals surface area contributed by atoms with Crippen molar-refractivity contribution < 1.29 is 28.7 Å². The third kappa shape index (κ3) is 8.76. The van der Waals surface area contributed by atoms with Crippen molar-refractivity contribution in [2.24, 2.45) is 5.92 Å². The van der Waals surface area contributed by atoms with Crippen molar-refractivity contribution in [1.82, 2.24) is 15.5 Å². The normalized spacial score (nSPS) is 18.6. The van der Waals surface area contributed by atoms with E-state index in [1.54, 1.807) is 52.0 Å². The number of esters is 1. The molecule has 1 saturated carbocycles. The van der Waals surface area contributed by atoms with Crippen LogP contribution in [0.2, 0.25) is 0 Å². The number of benzene rings is 1. The number of carbonyl (C=O) groups is 4. The highest BCUT2D eigenvalue weighted by Gasteiger charge is 2.48. The van der Waals surface area contributed by atoms with E-state index >= 15 is 0 Å². The summed E-state index contributed by atoms with van der Waals surface area (Å²) < 4.78 is 10.2. The van der Waals surface area contributed by atoms with E-state index in [9.17, 15) is 19.2 Å². The molecule has 0 aromatic heterocycles. The highest BCUT2D eigenvalue weighted by molar-refractivity contribution is 7.80. The molecule has 0 bridgehead atoms. The topological polar surface area (TPSA) is 114 Å². The maximum atomic E-state index is 13.7. The van der Waals surface area contributed by atoms with E-state index in [1.165, 1.54) is 4.90 Å². The summed E-state index contributed by atoms with van der Waals surface area (Å²) in [6.45, 7) is 9.25. The number of amides is 3. The lowest BCUT2D eigenvalue weighted by Gasteiger charge is -2.34. The molecule has 0 radical (unpaired) electrons. The van der Waals surface area contributed by atoms with Crippen molar-refractivity contribution in [2.75, 3.05) is 18.9 Å². The van der Waals surface area contributed by atoms with Crippen LogP contribution in [0.15, 0.2) is 30.3 Å². The summed E-state index contributed by atoms with van der Waals surface area (Å²) in [6, 6.07) is 6.87. The van der Waals surface area contributed by atoms with Gasteiger partial charge in [-0.25, -0.2) is 4.79 Å². The van der Waals surface area contributed by atoms with Gasteiger partial charge in [0, 0.05) is 18.3 Å². The molecule has 0 aliphatic heterocycles. The maximum absolute atomic E-state index is 13.7. The van der Waals surface area contributed by atoms with Gasteiger partial charge in [-0.1, -0.05) is 37.3 Å². The summed E-state index contributed by atoms with van der Waals surface area (Å²) in [7, 11) is 0. The Morgan fingerprint density at radius 1 is 1.17 bits per heavy atom.